The molecule has 0 atom stereocenters. The minimum absolute atomic E-state index is 0.0908. The van der Waals surface area contributed by atoms with E-state index in [1.165, 1.54) is 0 Å². The van der Waals surface area contributed by atoms with E-state index in [9.17, 15) is 9.59 Å². The van der Waals surface area contributed by atoms with Crippen molar-refractivity contribution in [2.75, 3.05) is 0 Å². The van der Waals surface area contributed by atoms with Crippen LogP contribution in [0, 0.1) is 6.92 Å². The molecule has 0 aliphatic heterocycles. The van der Waals surface area contributed by atoms with Crippen LogP contribution in [-0.4, -0.2) is 16.1 Å². The van der Waals surface area contributed by atoms with Crippen molar-refractivity contribution in [1.82, 2.24) is 15.5 Å². The maximum Gasteiger partial charge on any atom is 0.269 e. The normalized spacial score (nSPS) is 10.6. The number of H-pyrrole nitrogens is 1. The summed E-state index contributed by atoms with van der Waals surface area (Å²) in [5.41, 5.74) is 4.30. The zero-order valence-corrected chi connectivity index (χ0v) is 13.9. The fourth-order valence-electron chi connectivity index (χ4n) is 2.72. The average molecular weight is 313 g/mol. The van der Waals surface area contributed by atoms with E-state index in [0.29, 0.717) is 12.0 Å². The number of aromatic amines is 1. The molecule has 1 aromatic carbocycles. The van der Waals surface area contributed by atoms with Crippen molar-refractivity contribution in [2.45, 2.75) is 46.6 Å². The molecule has 2 rings (SSSR count). The highest BCUT2D eigenvalue weighted by atomic mass is 16.1. The summed E-state index contributed by atoms with van der Waals surface area (Å²) in [5, 5.41) is 9.45. The van der Waals surface area contributed by atoms with E-state index in [0.717, 1.165) is 35.2 Å². The van der Waals surface area contributed by atoms with E-state index in [1.807, 2.05) is 45.0 Å². The maximum atomic E-state index is 12.1. The minimum Gasteiger partial charge on any atom is -0.352 e. The van der Waals surface area contributed by atoms with E-state index in [-0.39, 0.29) is 18.0 Å². The SMILES string of the molecule is CCc1n[nH]c(=O)c(CNC(=O)Cc2cccc(C)c2)c1CC. The second-order valence-electron chi connectivity index (χ2n) is 5.61. The molecule has 2 aromatic rings. The van der Waals surface area contributed by atoms with Gasteiger partial charge < -0.3 is 5.32 Å². The van der Waals surface area contributed by atoms with Gasteiger partial charge in [-0.25, -0.2) is 5.10 Å². The third kappa shape index (κ3) is 4.28. The van der Waals surface area contributed by atoms with Gasteiger partial charge in [-0.2, -0.15) is 5.10 Å². The van der Waals surface area contributed by atoms with Crippen LogP contribution in [0.4, 0.5) is 0 Å². The van der Waals surface area contributed by atoms with Crippen LogP contribution in [0.3, 0.4) is 0 Å². The first-order valence-corrected chi connectivity index (χ1v) is 7.96. The monoisotopic (exact) mass is 313 g/mol. The molecule has 122 valence electrons. The Labute approximate surface area is 136 Å². The summed E-state index contributed by atoms with van der Waals surface area (Å²) in [6.07, 6.45) is 1.79. The summed E-state index contributed by atoms with van der Waals surface area (Å²) in [7, 11) is 0. The molecule has 0 aliphatic rings. The smallest absolute Gasteiger partial charge is 0.269 e. The molecule has 0 saturated heterocycles. The molecule has 0 radical (unpaired) electrons. The van der Waals surface area contributed by atoms with Gasteiger partial charge in [-0.05, 0) is 30.9 Å². The van der Waals surface area contributed by atoms with Crippen molar-refractivity contribution >= 4 is 5.91 Å². The second-order valence-corrected chi connectivity index (χ2v) is 5.61. The number of carbonyl (C=O) groups excluding carboxylic acids is 1. The first-order chi connectivity index (χ1) is 11.0. The summed E-state index contributed by atoms with van der Waals surface area (Å²) < 4.78 is 0. The van der Waals surface area contributed by atoms with Gasteiger partial charge in [0.25, 0.3) is 5.56 Å². The predicted molar refractivity (Wildman–Crippen MR) is 90.3 cm³/mol. The Kier molecular flexibility index (Phi) is 5.68. The summed E-state index contributed by atoms with van der Waals surface area (Å²) in [6, 6.07) is 7.86. The predicted octanol–water partition coefficient (Wildman–Crippen LogP) is 2.06. The molecule has 1 aromatic heterocycles. The number of carbonyl (C=O) groups is 1. The van der Waals surface area contributed by atoms with E-state index >= 15 is 0 Å². The lowest BCUT2D eigenvalue weighted by Gasteiger charge is -2.11. The van der Waals surface area contributed by atoms with Crippen LogP contribution in [-0.2, 0) is 30.6 Å². The first kappa shape index (κ1) is 16.9. The Morgan fingerprint density at radius 1 is 1.22 bits per heavy atom. The number of hydrogen-bond donors (Lipinski definition) is 2. The number of aryl methyl sites for hydroxylation is 2. The van der Waals surface area contributed by atoms with Crippen molar-refractivity contribution in [3.05, 3.63) is 62.6 Å². The summed E-state index contributed by atoms with van der Waals surface area (Å²) in [6.45, 7) is 6.23. The van der Waals surface area contributed by atoms with Gasteiger partial charge in [0.05, 0.1) is 12.1 Å². The number of rotatable bonds is 6. The lowest BCUT2D eigenvalue weighted by atomic mass is 10.0. The van der Waals surface area contributed by atoms with Crippen molar-refractivity contribution in [2.24, 2.45) is 0 Å². The van der Waals surface area contributed by atoms with Gasteiger partial charge in [-0.15, -0.1) is 0 Å². The van der Waals surface area contributed by atoms with Crippen molar-refractivity contribution in [3.63, 3.8) is 0 Å². The van der Waals surface area contributed by atoms with Gasteiger partial charge in [-0.1, -0.05) is 43.7 Å². The van der Waals surface area contributed by atoms with Crippen LogP contribution in [0.25, 0.3) is 0 Å². The number of amides is 1. The molecule has 0 unspecified atom stereocenters. The molecule has 0 saturated carbocycles. The van der Waals surface area contributed by atoms with Crippen LogP contribution < -0.4 is 10.9 Å². The standard InChI is InChI=1S/C18H23N3O2/c1-4-14-15(18(23)21-20-16(14)5-2)11-19-17(22)10-13-8-6-7-12(3)9-13/h6-9H,4-5,10-11H2,1-3H3,(H,19,22)(H,21,23). The quantitative estimate of drug-likeness (QED) is 0.857. The second kappa shape index (κ2) is 7.72. The first-order valence-electron chi connectivity index (χ1n) is 7.96. The molecule has 0 spiro atoms. The highest BCUT2D eigenvalue weighted by molar-refractivity contribution is 5.78. The fraction of sp³-hybridized carbons (Fsp3) is 0.389. The Bertz CT molecular complexity index is 750. The molecule has 5 nitrogen and oxygen atoms in total. The Morgan fingerprint density at radius 2 is 2.00 bits per heavy atom. The van der Waals surface area contributed by atoms with Crippen LogP contribution in [0.15, 0.2) is 29.1 Å². The topological polar surface area (TPSA) is 74.8 Å². The summed E-state index contributed by atoms with van der Waals surface area (Å²) >= 11 is 0. The molecule has 5 heteroatoms. The Balaban J connectivity index is 2.08. The molecule has 23 heavy (non-hydrogen) atoms. The number of nitrogens with one attached hydrogen (secondary N) is 2. The third-order valence-corrected chi connectivity index (χ3v) is 3.88. The number of hydrogen-bond acceptors (Lipinski definition) is 3. The van der Waals surface area contributed by atoms with E-state index < -0.39 is 0 Å². The van der Waals surface area contributed by atoms with Crippen LogP contribution in [0.1, 0.15) is 41.8 Å². The van der Waals surface area contributed by atoms with Crippen LogP contribution in [0.5, 0.6) is 0 Å². The molecule has 0 bridgehead atoms. The molecule has 0 aliphatic carbocycles. The van der Waals surface area contributed by atoms with E-state index in [4.69, 9.17) is 0 Å². The van der Waals surface area contributed by atoms with Gasteiger partial charge in [0.15, 0.2) is 0 Å². The molecule has 1 amide bonds. The zero-order valence-electron chi connectivity index (χ0n) is 13.9. The van der Waals surface area contributed by atoms with Gasteiger partial charge in [0.1, 0.15) is 0 Å². The number of nitrogens with zero attached hydrogens (tertiary/aromatic N) is 1. The van der Waals surface area contributed by atoms with E-state index in [1.54, 1.807) is 0 Å². The van der Waals surface area contributed by atoms with Crippen LogP contribution >= 0.6 is 0 Å². The van der Waals surface area contributed by atoms with Crippen molar-refractivity contribution < 1.29 is 4.79 Å². The molecule has 2 N–H and O–H groups in total. The van der Waals surface area contributed by atoms with Gasteiger partial charge in [0.2, 0.25) is 5.91 Å². The number of benzene rings is 1. The summed E-state index contributed by atoms with van der Waals surface area (Å²) in [4.78, 5) is 24.1. The number of aromatic nitrogens is 2. The van der Waals surface area contributed by atoms with Crippen LogP contribution in [0.2, 0.25) is 0 Å². The molecule has 1 heterocycles. The van der Waals surface area contributed by atoms with Gasteiger partial charge in [-0.3, -0.25) is 9.59 Å². The summed E-state index contributed by atoms with van der Waals surface area (Å²) in [5.74, 6) is -0.0908. The van der Waals surface area contributed by atoms with Crippen molar-refractivity contribution in [1.29, 1.82) is 0 Å². The largest absolute Gasteiger partial charge is 0.352 e. The van der Waals surface area contributed by atoms with Gasteiger partial charge >= 0.3 is 0 Å². The van der Waals surface area contributed by atoms with Gasteiger partial charge in [0, 0.05) is 12.1 Å². The highest BCUT2D eigenvalue weighted by Crippen LogP contribution is 2.10. The molecular formula is C18H23N3O2. The average Bonchev–Trinajstić information content (AvgIpc) is 2.53. The zero-order chi connectivity index (χ0) is 16.8. The molecular weight excluding hydrogens is 290 g/mol. The lowest BCUT2D eigenvalue weighted by molar-refractivity contribution is -0.120. The minimum atomic E-state index is -0.227. The van der Waals surface area contributed by atoms with Crippen molar-refractivity contribution in [3.8, 4) is 0 Å². The Hall–Kier alpha value is -2.43. The third-order valence-electron chi connectivity index (χ3n) is 3.88. The Morgan fingerprint density at radius 3 is 2.65 bits per heavy atom. The molecule has 0 fully saturated rings. The van der Waals surface area contributed by atoms with E-state index in [2.05, 4.69) is 15.5 Å². The highest BCUT2D eigenvalue weighted by Gasteiger charge is 2.13. The fourth-order valence-corrected chi connectivity index (χ4v) is 2.72. The lowest BCUT2D eigenvalue weighted by Crippen LogP contribution is -2.30. The maximum absolute atomic E-state index is 12.1.